The van der Waals surface area contributed by atoms with E-state index in [9.17, 15) is 4.79 Å². The molecular formula is C17H21NO3. The summed E-state index contributed by atoms with van der Waals surface area (Å²) in [5.41, 5.74) is 0.738. The summed E-state index contributed by atoms with van der Waals surface area (Å²) in [6, 6.07) is 10.2. The van der Waals surface area contributed by atoms with Crippen molar-refractivity contribution in [2.45, 2.75) is 38.0 Å². The molecule has 1 unspecified atom stereocenters. The van der Waals surface area contributed by atoms with Crippen LogP contribution in [0, 0.1) is 5.41 Å². The molecule has 1 aromatic carbocycles. The van der Waals surface area contributed by atoms with Crippen molar-refractivity contribution in [3.8, 4) is 0 Å². The Bertz CT molecular complexity index is 546. The van der Waals surface area contributed by atoms with Gasteiger partial charge in [-0.2, -0.15) is 0 Å². The van der Waals surface area contributed by atoms with Gasteiger partial charge in [-0.1, -0.05) is 36.8 Å². The highest BCUT2D eigenvalue weighted by atomic mass is 16.7. The fraction of sp³-hybridized carbons (Fsp3) is 0.588. The van der Waals surface area contributed by atoms with Gasteiger partial charge in [-0.05, 0) is 25.3 Å². The first-order valence-corrected chi connectivity index (χ1v) is 7.83. The van der Waals surface area contributed by atoms with E-state index in [4.69, 9.17) is 9.47 Å². The monoisotopic (exact) mass is 287 g/mol. The smallest absolute Gasteiger partial charge is 0.235 e. The lowest BCUT2D eigenvalue weighted by Crippen LogP contribution is -2.54. The summed E-state index contributed by atoms with van der Waals surface area (Å²) in [5, 5.41) is 0. The molecule has 3 fully saturated rings. The maximum Gasteiger partial charge on any atom is 0.235 e. The van der Waals surface area contributed by atoms with Crippen LogP contribution in [-0.2, 0) is 14.3 Å². The molecule has 1 saturated carbocycles. The van der Waals surface area contributed by atoms with E-state index in [1.807, 2.05) is 23.1 Å². The van der Waals surface area contributed by atoms with E-state index in [0.29, 0.717) is 19.8 Å². The summed E-state index contributed by atoms with van der Waals surface area (Å²) in [7, 11) is 0. The van der Waals surface area contributed by atoms with Gasteiger partial charge in [0, 0.05) is 0 Å². The summed E-state index contributed by atoms with van der Waals surface area (Å²) in [6.07, 6.45) is 2.88. The zero-order valence-electron chi connectivity index (χ0n) is 12.4. The number of benzene rings is 1. The Morgan fingerprint density at radius 2 is 1.81 bits per heavy atom. The highest BCUT2D eigenvalue weighted by molar-refractivity contribution is 5.88. The first-order valence-electron chi connectivity index (χ1n) is 7.83. The van der Waals surface area contributed by atoms with Crippen molar-refractivity contribution >= 4 is 5.91 Å². The second kappa shape index (κ2) is 4.55. The molecule has 4 heteroatoms. The molecule has 0 radical (unpaired) electrons. The van der Waals surface area contributed by atoms with Gasteiger partial charge in [0.25, 0.3) is 0 Å². The van der Waals surface area contributed by atoms with Crippen molar-refractivity contribution in [3.05, 3.63) is 35.9 Å². The summed E-state index contributed by atoms with van der Waals surface area (Å²) >= 11 is 0. The largest absolute Gasteiger partial charge is 0.345 e. The standard InChI is InChI=1S/C17H21NO3/c1-13(14-6-3-2-4-7-14)18-12-17(20-10-11-21-17)16(15(18)19)8-5-9-16/h2-4,6-7,13H,5,8-12H2,1H3. The van der Waals surface area contributed by atoms with Crippen LogP contribution in [0.2, 0.25) is 0 Å². The first kappa shape index (κ1) is 13.3. The normalized spacial score (nSPS) is 27.3. The second-order valence-electron chi connectivity index (χ2n) is 6.41. The third kappa shape index (κ3) is 1.66. The SMILES string of the molecule is CC(c1ccccc1)N1CC2(OCCO2)C2(CCC2)C1=O. The summed E-state index contributed by atoms with van der Waals surface area (Å²) in [4.78, 5) is 15.0. The van der Waals surface area contributed by atoms with Crippen LogP contribution in [0.4, 0.5) is 0 Å². The molecule has 1 amide bonds. The molecule has 0 bridgehead atoms. The van der Waals surface area contributed by atoms with Gasteiger partial charge in [-0.25, -0.2) is 0 Å². The van der Waals surface area contributed by atoms with Crippen LogP contribution in [0.25, 0.3) is 0 Å². The Balaban J connectivity index is 1.67. The number of nitrogens with zero attached hydrogens (tertiary/aromatic N) is 1. The molecule has 4 nitrogen and oxygen atoms in total. The topological polar surface area (TPSA) is 38.8 Å². The number of amides is 1. The molecule has 1 aromatic rings. The van der Waals surface area contributed by atoms with Crippen LogP contribution in [0.3, 0.4) is 0 Å². The number of carbonyl (C=O) groups excluding carboxylic acids is 1. The summed E-state index contributed by atoms with van der Waals surface area (Å²) in [5.74, 6) is -0.474. The molecule has 2 spiro atoms. The van der Waals surface area contributed by atoms with Crippen molar-refractivity contribution in [2.24, 2.45) is 5.41 Å². The lowest BCUT2D eigenvalue weighted by molar-refractivity contribution is -0.231. The predicted molar refractivity (Wildman–Crippen MR) is 77.5 cm³/mol. The summed E-state index contributed by atoms with van der Waals surface area (Å²) in [6.45, 7) is 3.85. The molecular weight excluding hydrogens is 266 g/mol. The van der Waals surface area contributed by atoms with E-state index in [0.717, 1.165) is 24.8 Å². The van der Waals surface area contributed by atoms with Crippen molar-refractivity contribution in [2.75, 3.05) is 19.8 Å². The lowest BCUT2D eigenvalue weighted by Gasteiger charge is -2.45. The van der Waals surface area contributed by atoms with Gasteiger partial charge in [0.2, 0.25) is 11.7 Å². The van der Waals surface area contributed by atoms with Crippen molar-refractivity contribution in [1.82, 2.24) is 4.90 Å². The van der Waals surface area contributed by atoms with Crippen LogP contribution in [-0.4, -0.2) is 36.4 Å². The molecule has 0 N–H and O–H groups in total. The van der Waals surface area contributed by atoms with Crippen molar-refractivity contribution < 1.29 is 14.3 Å². The number of hydrogen-bond acceptors (Lipinski definition) is 3. The van der Waals surface area contributed by atoms with Crippen LogP contribution >= 0.6 is 0 Å². The van der Waals surface area contributed by atoms with Crippen molar-refractivity contribution in [1.29, 1.82) is 0 Å². The highest BCUT2D eigenvalue weighted by Crippen LogP contribution is 2.59. The third-order valence-electron chi connectivity index (χ3n) is 5.49. The van der Waals surface area contributed by atoms with Crippen LogP contribution in [0.5, 0.6) is 0 Å². The Kier molecular flexibility index (Phi) is 2.88. The Hall–Kier alpha value is -1.39. The van der Waals surface area contributed by atoms with Gasteiger partial charge in [0.15, 0.2) is 0 Å². The number of hydrogen-bond donors (Lipinski definition) is 0. The maximum atomic E-state index is 13.1. The van der Waals surface area contributed by atoms with E-state index in [1.165, 1.54) is 0 Å². The van der Waals surface area contributed by atoms with Crippen LogP contribution in [0.15, 0.2) is 30.3 Å². The molecule has 2 aliphatic heterocycles. The van der Waals surface area contributed by atoms with E-state index in [1.54, 1.807) is 0 Å². The van der Waals surface area contributed by atoms with Crippen molar-refractivity contribution in [3.63, 3.8) is 0 Å². The molecule has 3 aliphatic rings. The number of fused-ring (bicyclic) bond motifs is 1. The second-order valence-corrected chi connectivity index (χ2v) is 6.41. The molecule has 0 aromatic heterocycles. The summed E-state index contributed by atoms with van der Waals surface area (Å²) < 4.78 is 11.9. The Morgan fingerprint density at radius 3 is 2.38 bits per heavy atom. The zero-order chi connectivity index (χ0) is 14.5. The minimum Gasteiger partial charge on any atom is -0.345 e. The maximum absolute atomic E-state index is 13.1. The molecule has 2 heterocycles. The Labute approximate surface area is 125 Å². The molecule has 2 saturated heterocycles. The zero-order valence-corrected chi connectivity index (χ0v) is 12.4. The average molecular weight is 287 g/mol. The van der Waals surface area contributed by atoms with E-state index in [-0.39, 0.29) is 11.9 Å². The van der Waals surface area contributed by atoms with E-state index in [2.05, 4.69) is 19.1 Å². The third-order valence-corrected chi connectivity index (χ3v) is 5.49. The predicted octanol–water partition coefficient (Wildman–Crippen LogP) is 2.50. The number of carbonyl (C=O) groups is 1. The van der Waals surface area contributed by atoms with Gasteiger partial charge in [-0.15, -0.1) is 0 Å². The average Bonchev–Trinajstić information content (AvgIpc) is 3.03. The number of rotatable bonds is 2. The minimum absolute atomic E-state index is 0.0587. The highest BCUT2D eigenvalue weighted by Gasteiger charge is 2.70. The lowest BCUT2D eigenvalue weighted by atomic mass is 9.64. The van der Waals surface area contributed by atoms with E-state index < -0.39 is 11.2 Å². The molecule has 21 heavy (non-hydrogen) atoms. The number of ether oxygens (including phenoxy) is 2. The van der Waals surface area contributed by atoms with E-state index >= 15 is 0 Å². The van der Waals surface area contributed by atoms with Crippen LogP contribution < -0.4 is 0 Å². The molecule has 4 rings (SSSR count). The Morgan fingerprint density at radius 1 is 1.14 bits per heavy atom. The molecule has 112 valence electrons. The van der Waals surface area contributed by atoms with Gasteiger partial charge in [0.1, 0.15) is 5.41 Å². The van der Waals surface area contributed by atoms with Crippen LogP contribution in [0.1, 0.15) is 37.8 Å². The van der Waals surface area contributed by atoms with Gasteiger partial charge in [0.05, 0.1) is 25.8 Å². The fourth-order valence-corrected chi connectivity index (χ4v) is 4.06. The first-order chi connectivity index (χ1) is 10.2. The minimum atomic E-state index is -0.689. The van der Waals surface area contributed by atoms with Gasteiger partial charge in [-0.3, -0.25) is 4.79 Å². The fourth-order valence-electron chi connectivity index (χ4n) is 4.06. The number of likely N-dealkylation sites (tertiary alicyclic amines) is 1. The quantitative estimate of drug-likeness (QED) is 0.839. The molecule has 1 atom stereocenters. The van der Waals surface area contributed by atoms with Gasteiger partial charge < -0.3 is 14.4 Å². The molecule has 1 aliphatic carbocycles. The van der Waals surface area contributed by atoms with Gasteiger partial charge >= 0.3 is 0 Å².